The van der Waals surface area contributed by atoms with Crippen molar-refractivity contribution in [3.8, 4) is 5.75 Å². The number of phenols is 1. The van der Waals surface area contributed by atoms with Gasteiger partial charge in [0.05, 0.1) is 11.5 Å². The second kappa shape index (κ2) is 11.4. The zero-order chi connectivity index (χ0) is 23.0. The van der Waals surface area contributed by atoms with Gasteiger partial charge in [-0.2, -0.15) is 12.6 Å². The first-order valence-electron chi connectivity index (χ1n) is 11.1. The van der Waals surface area contributed by atoms with Crippen molar-refractivity contribution >= 4 is 30.1 Å². The standard InChI is InChI=1S/C25H32N2O4S/c1-2-31-21-12-14-25(17-32,15-13-21)24(30)27-22(16-18-8-10-20(28)11-9-18)23(29)26-19-6-4-3-5-7-19/h3-11,21-22,28,32H,2,12-17H2,1H3,(H,26,29)(H,27,30)/t21?,22-,25?/m0/s1. The minimum absolute atomic E-state index is 0.144. The largest absolute Gasteiger partial charge is 0.508 e. The van der Waals surface area contributed by atoms with E-state index in [0.29, 0.717) is 37.3 Å². The van der Waals surface area contributed by atoms with Gasteiger partial charge in [-0.3, -0.25) is 9.59 Å². The molecule has 7 heteroatoms. The minimum atomic E-state index is -0.756. The average Bonchev–Trinajstić information content (AvgIpc) is 2.81. The van der Waals surface area contributed by atoms with Crippen molar-refractivity contribution in [2.75, 3.05) is 17.7 Å². The third-order valence-electron chi connectivity index (χ3n) is 6.12. The van der Waals surface area contributed by atoms with Crippen molar-refractivity contribution in [1.29, 1.82) is 0 Å². The summed E-state index contributed by atoms with van der Waals surface area (Å²) in [7, 11) is 0. The molecule has 0 heterocycles. The highest BCUT2D eigenvalue weighted by atomic mass is 32.1. The molecule has 0 spiro atoms. The van der Waals surface area contributed by atoms with Crippen LogP contribution in [0.5, 0.6) is 5.75 Å². The maximum absolute atomic E-state index is 13.4. The zero-order valence-corrected chi connectivity index (χ0v) is 19.3. The molecule has 0 unspecified atom stereocenters. The van der Waals surface area contributed by atoms with Crippen LogP contribution >= 0.6 is 12.6 Å². The normalized spacial score (nSPS) is 21.5. The monoisotopic (exact) mass is 456 g/mol. The van der Waals surface area contributed by atoms with Gasteiger partial charge in [-0.1, -0.05) is 30.3 Å². The highest BCUT2D eigenvalue weighted by Crippen LogP contribution is 2.39. The Balaban J connectivity index is 1.75. The van der Waals surface area contributed by atoms with Gasteiger partial charge >= 0.3 is 0 Å². The van der Waals surface area contributed by atoms with Gasteiger partial charge in [-0.25, -0.2) is 0 Å². The third-order valence-corrected chi connectivity index (χ3v) is 6.72. The molecule has 1 aliphatic rings. The Bertz CT molecular complexity index is 881. The Hall–Kier alpha value is -2.51. The number of ether oxygens (including phenoxy) is 1. The molecule has 1 fully saturated rings. The van der Waals surface area contributed by atoms with E-state index in [4.69, 9.17) is 4.74 Å². The Kier molecular flexibility index (Phi) is 8.59. The van der Waals surface area contributed by atoms with Crippen molar-refractivity contribution in [2.24, 2.45) is 5.41 Å². The van der Waals surface area contributed by atoms with Crippen molar-refractivity contribution in [1.82, 2.24) is 5.32 Å². The second-order valence-electron chi connectivity index (χ2n) is 8.35. The molecule has 1 atom stereocenters. The summed E-state index contributed by atoms with van der Waals surface area (Å²) in [6, 6.07) is 15.1. The maximum Gasteiger partial charge on any atom is 0.247 e. The number of benzene rings is 2. The van der Waals surface area contributed by atoms with Crippen LogP contribution in [0.2, 0.25) is 0 Å². The number of rotatable bonds is 9. The SMILES string of the molecule is CCOC1CCC(CS)(C(=O)N[C@@H](Cc2ccc(O)cc2)C(=O)Nc2ccccc2)CC1. The van der Waals surface area contributed by atoms with Crippen molar-refractivity contribution in [3.05, 3.63) is 60.2 Å². The third kappa shape index (κ3) is 6.26. The summed E-state index contributed by atoms with van der Waals surface area (Å²) in [6.07, 6.45) is 3.46. The lowest BCUT2D eigenvalue weighted by Crippen LogP contribution is -2.53. The number of aromatic hydroxyl groups is 1. The number of para-hydroxylation sites is 1. The molecule has 0 aliphatic heterocycles. The van der Waals surface area contributed by atoms with Crippen LogP contribution in [-0.2, 0) is 20.7 Å². The fourth-order valence-corrected chi connectivity index (χ4v) is 4.60. The zero-order valence-electron chi connectivity index (χ0n) is 18.4. The average molecular weight is 457 g/mol. The van der Waals surface area contributed by atoms with Gasteiger partial charge in [0.25, 0.3) is 0 Å². The molecular weight excluding hydrogens is 424 g/mol. The summed E-state index contributed by atoms with van der Waals surface area (Å²) in [5, 5.41) is 15.5. The van der Waals surface area contributed by atoms with Crippen LogP contribution in [0.1, 0.15) is 38.2 Å². The van der Waals surface area contributed by atoms with E-state index in [1.54, 1.807) is 24.3 Å². The summed E-state index contributed by atoms with van der Waals surface area (Å²) in [5.74, 6) is 0.150. The molecule has 6 nitrogen and oxygen atoms in total. The number of hydrogen-bond donors (Lipinski definition) is 4. The van der Waals surface area contributed by atoms with Gasteiger partial charge in [0, 0.05) is 24.5 Å². The fourth-order valence-electron chi connectivity index (χ4n) is 4.14. The lowest BCUT2D eigenvalue weighted by molar-refractivity contribution is -0.136. The first kappa shape index (κ1) is 24.1. The van der Waals surface area contributed by atoms with E-state index in [1.165, 1.54) is 0 Å². The molecule has 1 saturated carbocycles. The molecule has 0 aromatic heterocycles. The number of amides is 2. The summed E-state index contributed by atoms with van der Waals surface area (Å²) in [4.78, 5) is 26.5. The highest BCUT2D eigenvalue weighted by molar-refractivity contribution is 7.80. The van der Waals surface area contributed by atoms with Crippen molar-refractivity contribution in [3.63, 3.8) is 0 Å². The van der Waals surface area contributed by atoms with Gasteiger partial charge in [0.2, 0.25) is 11.8 Å². The van der Waals surface area contributed by atoms with Gasteiger partial charge in [-0.15, -0.1) is 0 Å². The smallest absolute Gasteiger partial charge is 0.247 e. The van der Waals surface area contributed by atoms with Crippen LogP contribution in [0.15, 0.2) is 54.6 Å². The molecule has 0 bridgehead atoms. The summed E-state index contributed by atoms with van der Waals surface area (Å²) >= 11 is 4.51. The molecule has 32 heavy (non-hydrogen) atoms. The second-order valence-corrected chi connectivity index (χ2v) is 8.66. The van der Waals surface area contributed by atoms with E-state index in [-0.39, 0.29) is 23.7 Å². The predicted molar refractivity (Wildman–Crippen MR) is 129 cm³/mol. The van der Waals surface area contributed by atoms with Crippen molar-refractivity contribution < 1.29 is 19.4 Å². The Morgan fingerprint density at radius 2 is 1.78 bits per heavy atom. The number of carbonyl (C=O) groups is 2. The van der Waals surface area contributed by atoms with E-state index >= 15 is 0 Å². The summed E-state index contributed by atoms with van der Waals surface area (Å²) < 4.78 is 5.73. The Morgan fingerprint density at radius 1 is 1.12 bits per heavy atom. The van der Waals surface area contributed by atoms with E-state index in [0.717, 1.165) is 18.4 Å². The Labute approximate surface area is 195 Å². The molecular formula is C25H32N2O4S. The first-order valence-corrected chi connectivity index (χ1v) is 11.8. The summed E-state index contributed by atoms with van der Waals surface area (Å²) in [6.45, 7) is 2.64. The summed E-state index contributed by atoms with van der Waals surface area (Å²) in [5.41, 5.74) is 0.900. The minimum Gasteiger partial charge on any atom is -0.508 e. The van der Waals surface area contributed by atoms with E-state index in [9.17, 15) is 14.7 Å². The number of anilines is 1. The topological polar surface area (TPSA) is 87.7 Å². The molecule has 172 valence electrons. The lowest BCUT2D eigenvalue weighted by Gasteiger charge is -2.38. The lowest BCUT2D eigenvalue weighted by atomic mass is 9.73. The van der Waals surface area contributed by atoms with Crippen LogP contribution in [-0.4, -0.2) is 41.4 Å². The first-order chi connectivity index (χ1) is 15.5. The number of phenolic OH excluding ortho intramolecular Hbond substituents is 1. The van der Waals surface area contributed by atoms with Gasteiger partial charge in [-0.05, 0) is 62.4 Å². The molecule has 2 amide bonds. The fraction of sp³-hybridized carbons (Fsp3) is 0.440. The molecule has 3 rings (SSSR count). The van der Waals surface area contributed by atoms with E-state index < -0.39 is 11.5 Å². The Morgan fingerprint density at radius 3 is 2.38 bits per heavy atom. The number of hydrogen-bond acceptors (Lipinski definition) is 5. The molecule has 0 saturated heterocycles. The molecule has 2 aromatic rings. The van der Waals surface area contributed by atoms with Crippen LogP contribution in [0, 0.1) is 5.41 Å². The van der Waals surface area contributed by atoms with Gasteiger partial charge in [0.15, 0.2) is 0 Å². The van der Waals surface area contributed by atoms with Crippen LogP contribution in [0.4, 0.5) is 5.69 Å². The quantitative estimate of drug-likeness (QED) is 0.430. The van der Waals surface area contributed by atoms with Gasteiger partial charge in [0.1, 0.15) is 11.8 Å². The van der Waals surface area contributed by atoms with Crippen molar-refractivity contribution in [2.45, 2.75) is 51.2 Å². The van der Waals surface area contributed by atoms with Gasteiger partial charge < -0.3 is 20.5 Å². The van der Waals surface area contributed by atoms with Crippen LogP contribution in [0.25, 0.3) is 0 Å². The van der Waals surface area contributed by atoms with E-state index in [2.05, 4.69) is 23.3 Å². The van der Waals surface area contributed by atoms with E-state index in [1.807, 2.05) is 37.3 Å². The highest BCUT2D eigenvalue weighted by Gasteiger charge is 2.42. The number of nitrogens with one attached hydrogen (secondary N) is 2. The molecule has 0 radical (unpaired) electrons. The van der Waals surface area contributed by atoms with Crippen LogP contribution in [0.3, 0.4) is 0 Å². The van der Waals surface area contributed by atoms with Crippen LogP contribution < -0.4 is 10.6 Å². The number of thiol groups is 1. The molecule has 3 N–H and O–H groups in total. The predicted octanol–water partition coefficient (Wildman–Crippen LogP) is 3.95. The number of carbonyl (C=O) groups excluding carboxylic acids is 2. The molecule has 1 aliphatic carbocycles. The molecule has 2 aromatic carbocycles. The maximum atomic E-state index is 13.4.